The van der Waals surface area contributed by atoms with Crippen LogP contribution in [0.5, 0.6) is 0 Å². The summed E-state index contributed by atoms with van der Waals surface area (Å²) >= 11 is 0. The third-order valence-corrected chi connectivity index (χ3v) is 3.80. The minimum Gasteiger partial charge on any atom is -0.396 e. The molecule has 3 amide bonds. The van der Waals surface area contributed by atoms with Crippen LogP contribution in [0.4, 0.5) is 14.9 Å². The van der Waals surface area contributed by atoms with Crippen LogP contribution in [0.1, 0.15) is 10.4 Å². The van der Waals surface area contributed by atoms with Crippen molar-refractivity contribution < 1.29 is 14.0 Å². The Morgan fingerprint density at radius 3 is 3.00 bits per heavy atom. The molecule has 0 aromatic heterocycles. The summed E-state index contributed by atoms with van der Waals surface area (Å²) in [4.78, 5) is 27.2. The Kier molecular flexibility index (Phi) is 2.96. The van der Waals surface area contributed by atoms with Gasteiger partial charge in [0.1, 0.15) is 5.82 Å². The maximum absolute atomic E-state index is 13.4. The lowest BCUT2D eigenvalue weighted by Gasteiger charge is -2.36. The Hall–Kier alpha value is -2.31. The van der Waals surface area contributed by atoms with E-state index in [-0.39, 0.29) is 29.2 Å². The van der Waals surface area contributed by atoms with Gasteiger partial charge in [-0.3, -0.25) is 4.79 Å². The third-order valence-electron chi connectivity index (χ3n) is 3.80. The van der Waals surface area contributed by atoms with E-state index in [9.17, 15) is 14.0 Å². The SMILES string of the molecule is Nc1c(F)cccc1C(=O)N1CCN2C(=O)NCC2C1. The monoisotopic (exact) mass is 278 g/mol. The molecule has 3 rings (SSSR count). The van der Waals surface area contributed by atoms with E-state index in [4.69, 9.17) is 5.73 Å². The van der Waals surface area contributed by atoms with Crippen molar-refractivity contribution in [1.29, 1.82) is 0 Å². The quantitative estimate of drug-likeness (QED) is 0.723. The lowest BCUT2D eigenvalue weighted by molar-refractivity contribution is 0.0617. The molecule has 2 saturated heterocycles. The van der Waals surface area contributed by atoms with E-state index in [1.807, 2.05) is 0 Å². The molecule has 7 heteroatoms. The number of nitrogens with one attached hydrogen (secondary N) is 1. The molecule has 0 saturated carbocycles. The number of carbonyl (C=O) groups is 2. The predicted molar refractivity (Wildman–Crippen MR) is 70.6 cm³/mol. The van der Waals surface area contributed by atoms with Crippen LogP contribution < -0.4 is 11.1 Å². The summed E-state index contributed by atoms with van der Waals surface area (Å²) in [7, 11) is 0. The molecular formula is C13H15FN4O2. The number of nitrogens with zero attached hydrogens (tertiary/aromatic N) is 2. The molecule has 2 aliphatic heterocycles. The number of nitrogens with two attached hydrogens (primary N) is 1. The van der Waals surface area contributed by atoms with Crippen molar-refractivity contribution in [3.05, 3.63) is 29.6 Å². The van der Waals surface area contributed by atoms with E-state index >= 15 is 0 Å². The van der Waals surface area contributed by atoms with Gasteiger partial charge in [0.2, 0.25) is 0 Å². The van der Waals surface area contributed by atoms with Crippen molar-refractivity contribution in [1.82, 2.24) is 15.1 Å². The van der Waals surface area contributed by atoms with Gasteiger partial charge in [-0.15, -0.1) is 0 Å². The van der Waals surface area contributed by atoms with Crippen molar-refractivity contribution in [2.45, 2.75) is 6.04 Å². The highest BCUT2D eigenvalue weighted by molar-refractivity contribution is 5.99. The number of benzene rings is 1. The van der Waals surface area contributed by atoms with Crippen LogP contribution in [0.3, 0.4) is 0 Å². The van der Waals surface area contributed by atoms with E-state index in [2.05, 4.69) is 5.32 Å². The molecule has 2 aliphatic rings. The number of hydrogen-bond acceptors (Lipinski definition) is 3. The van der Waals surface area contributed by atoms with Crippen molar-refractivity contribution in [3.63, 3.8) is 0 Å². The van der Waals surface area contributed by atoms with Gasteiger partial charge in [0, 0.05) is 26.2 Å². The van der Waals surface area contributed by atoms with E-state index in [0.717, 1.165) is 0 Å². The molecule has 1 aromatic carbocycles. The summed E-state index contributed by atoms with van der Waals surface area (Å²) in [6.07, 6.45) is 0. The lowest BCUT2D eigenvalue weighted by atomic mass is 10.1. The third kappa shape index (κ3) is 1.95. The molecule has 6 nitrogen and oxygen atoms in total. The molecule has 0 radical (unpaired) electrons. The van der Waals surface area contributed by atoms with E-state index < -0.39 is 5.82 Å². The maximum atomic E-state index is 13.4. The van der Waals surface area contributed by atoms with Crippen LogP contribution in [0, 0.1) is 5.82 Å². The first kappa shape index (κ1) is 12.7. The van der Waals surface area contributed by atoms with Crippen LogP contribution in [0.15, 0.2) is 18.2 Å². The first-order valence-electron chi connectivity index (χ1n) is 6.45. The summed E-state index contributed by atoms with van der Waals surface area (Å²) in [5.74, 6) is -0.881. The van der Waals surface area contributed by atoms with E-state index in [1.165, 1.54) is 18.2 Å². The molecule has 1 atom stereocenters. The Morgan fingerprint density at radius 2 is 2.20 bits per heavy atom. The highest BCUT2D eigenvalue weighted by atomic mass is 19.1. The fraction of sp³-hybridized carbons (Fsp3) is 0.385. The van der Waals surface area contributed by atoms with Crippen molar-refractivity contribution >= 4 is 17.6 Å². The summed E-state index contributed by atoms with van der Waals surface area (Å²) in [5.41, 5.74) is 5.67. The maximum Gasteiger partial charge on any atom is 0.317 e. The molecule has 0 bridgehead atoms. The normalized spacial score (nSPS) is 21.6. The Balaban J connectivity index is 1.79. The molecular weight excluding hydrogens is 263 g/mol. The number of nitrogen functional groups attached to an aromatic ring is 1. The van der Waals surface area contributed by atoms with Gasteiger partial charge >= 0.3 is 6.03 Å². The molecule has 2 fully saturated rings. The van der Waals surface area contributed by atoms with Crippen molar-refractivity contribution in [2.24, 2.45) is 0 Å². The highest BCUT2D eigenvalue weighted by Crippen LogP contribution is 2.21. The Labute approximate surface area is 115 Å². The van der Waals surface area contributed by atoms with Crippen molar-refractivity contribution in [2.75, 3.05) is 31.9 Å². The number of urea groups is 1. The molecule has 2 heterocycles. The average molecular weight is 278 g/mol. The summed E-state index contributed by atoms with van der Waals surface area (Å²) < 4.78 is 13.4. The van der Waals surface area contributed by atoms with Gasteiger partial charge in [0.25, 0.3) is 5.91 Å². The van der Waals surface area contributed by atoms with Gasteiger partial charge in [0.05, 0.1) is 17.3 Å². The fourth-order valence-corrected chi connectivity index (χ4v) is 2.68. The van der Waals surface area contributed by atoms with Crippen LogP contribution >= 0.6 is 0 Å². The predicted octanol–water partition coefficient (Wildman–Crippen LogP) is 0.257. The zero-order valence-electron chi connectivity index (χ0n) is 10.8. The first-order chi connectivity index (χ1) is 9.58. The summed E-state index contributed by atoms with van der Waals surface area (Å²) in [6, 6.07) is 4.10. The number of hydrogen-bond donors (Lipinski definition) is 2. The molecule has 1 aromatic rings. The second-order valence-electron chi connectivity index (χ2n) is 4.99. The summed E-state index contributed by atoms with van der Waals surface area (Å²) in [5, 5.41) is 2.75. The fourth-order valence-electron chi connectivity index (χ4n) is 2.68. The largest absolute Gasteiger partial charge is 0.396 e. The summed E-state index contributed by atoms with van der Waals surface area (Å²) in [6.45, 7) is 1.88. The van der Waals surface area contributed by atoms with Gasteiger partial charge in [-0.05, 0) is 12.1 Å². The minimum absolute atomic E-state index is 0.0185. The standard InChI is InChI=1S/C13H15FN4O2/c14-10-3-1-2-9(11(10)15)12(19)17-4-5-18-8(7-17)6-16-13(18)20/h1-3,8H,4-7,15H2,(H,16,20). The van der Waals surface area contributed by atoms with Crippen LogP contribution in [0.25, 0.3) is 0 Å². The number of carbonyl (C=O) groups excluding carboxylic acids is 2. The molecule has 0 spiro atoms. The van der Waals surface area contributed by atoms with Gasteiger partial charge in [0.15, 0.2) is 0 Å². The molecule has 1 unspecified atom stereocenters. The van der Waals surface area contributed by atoms with E-state index in [1.54, 1.807) is 9.80 Å². The lowest BCUT2D eigenvalue weighted by Crippen LogP contribution is -2.53. The van der Waals surface area contributed by atoms with Gasteiger partial charge in [-0.25, -0.2) is 9.18 Å². The number of piperazine rings is 1. The van der Waals surface area contributed by atoms with Gasteiger partial charge in [-0.1, -0.05) is 6.07 Å². The first-order valence-corrected chi connectivity index (χ1v) is 6.45. The highest BCUT2D eigenvalue weighted by Gasteiger charge is 2.37. The molecule has 106 valence electrons. The number of rotatable bonds is 1. The molecule has 3 N–H and O–H groups in total. The molecule has 0 aliphatic carbocycles. The van der Waals surface area contributed by atoms with E-state index in [0.29, 0.717) is 26.2 Å². The van der Waals surface area contributed by atoms with Crippen LogP contribution in [-0.2, 0) is 0 Å². The molecule has 20 heavy (non-hydrogen) atoms. The second kappa shape index (κ2) is 4.66. The van der Waals surface area contributed by atoms with Crippen molar-refractivity contribution in [3.8, 4) is 0 Å². The number of amides is 3. The Morgan fingerprint density at radius 1 is 1.40 bits per heavy atom. The number of anilines is 1. The minimum atomic E-state index is -0.591. The van der Waals surface area contributed by atoms with Gasteiger partial charge in [-0.2, -0.15) is 0 Å². The second-order valence-corrected chi connectivity index (χ2v) is 4.99. The average Bonchev–Trinajstić information content (AvgIpc) is 2.82. The Bertz CT molecular complexity index is 577. The van der Waals surface area contributed by atoms with Gasteiger partial charge < -0.3 is 20.9 Å². The smallest absolute Gasteiger partial charge is 0.317 e. The van der Waals surface area contributed by atoms with Crippen LogP contribution in [-0.4, -0.2) is 54.0 Å². The van der Waals surface area contributed by atoms with Crippen LogP contribution in [0.2, 0.25) is 0 Å². The topological polar surface area (TPSA) is 78.7 Å². The number of fused-ring (bicyclic) bond motifs is 1. The number of para-hydroxylation sites is 1. The zero-order valence-corrected chi connectivity index (χ0v) is 10.8. The zero-order chi connectivity index (χ0) is 14.3. The number of halogens is 1.